The Labute approximate surface area is 78.2 Å². The lowest BCUT2D eigenvalue weighted by atomic mass is 10.0. The maximum Gasteiger partial charge on any atom is 0.121 e. The summed E-state index contributed by atoms with van der Waals surface area (Å²) in [5.74, 6) is 0.326. The van der Waals surface area contributed by atoms with Crippen molar-refractivity contribution in [1.29, 1.82) is 0 Å². The molecule has 2 heteroatoms. The lowest BCUT2D eigenvalue weighted by molar-refractivity contribution is -0.107. The van der Waals surface area contributed by atoms with E-state index in [1.165, 1.54) is 0 Å². The van der Waals surface area contributed by atoms with E-state index in [2.05, 4.69) is 0 Å². The lowest BCUT2D eigenvalue weighted by Gasteiger charge is -2.07. The van der Waals surface area contributed by atoms with E-state index in [4.69, 9.17) is 0 Å². The first kappa shape index (κ1) is 9.78. The topological polar surface area (TPSA) is 37.3 Å². The van der Waals surface area contributed by atoms with Gasteiger partial charge in [-0.05, 0) is 31.4 Å². The van der Waals surface area contributed by atoms with Crippen LogP contribution < -0.4 is 0 Å². The molecule has 0 saturated heterocycles. The molecule has 0 spiro atoms. The number of aromatic hydroxyl groups is 1. The quantitative estimate of drug-likeness (QED) is 0.720. The van der Waals surface area contributed by atoms with Gasteiger partial charge in [0.15, 0.2) is 0 Å². The van der Waals surface area contributed by atoms with E-state index in [-0.39, 0.29) is 0 Å². The van der Waals surface area contributed by atoms with Crippen molar-refractivity contribution in [2.45, 2.75) is 26.7 Å². The highest BCUT2D eigenvalue weighted by Crippen LogP contribution is 2.24. The number of phenolic OH excluding ortho intramolecular Hbond substituents is 1. The summed E-state index contributed by atoms with van der Waals surface area (Å²) in [5, 5.41) is 9.63. The molecule has 1 aromatic carbocycles. The number of hydrogen-bond acceptors (Lipinski definition) is 2. The molecule has 0 atom stereocenters. The molecule has 0 aliphatic rings. The first-order valence-electron chi connectivity index (χ1n) is 4.38. The molecule has 0 unspecified atom stereocenters. The van der Waals surface area contributed by atoms with Crippen molar-refractivity contribution in [3.63, 3.8) is 0 Å². The number of carbonyl (C=O) groups is 1. The van der Waals surface area contributed by atoms with Gasteiger partial charge in [-0.15, -0.1) is 0 Å². The van der Waals surface area contributed by atoms with Crippen LogP contribution in [0.3, 0.4) is 0 Å². The van der Waals surface area contributed by atoms with Gasteiger partial charge >= 0.3 is 0 Å². The van der Waals surface area contributed by atoms with Gasteiger partial charge in [0.25, 0.3) is 0 Å². The molecule has 1 rings (SSSR count). The first-order chi connectivity index (χ1) is 6.15. The van der Waals surface area contributed by atoms with E-state index in [0.29, 0.717) is 18.6 Å². The van der Waals surface area contributed by atoms with Crippen LogP contribution in [0.4, 0.5) is 0 Å². The fraction of sp³-hybridized carbons (Fsp3) is 0.364. The highest BCUT2D eigenvalue weighted by atomic mass is 16.3. The summed E-state index contributed by atoms with van der Waals surface area (Å²) in [7, 11) is 0. The Morgan fingerprint density at radius 3 is 2.69 bits per heavy atom. The third-order valence-corrected chi connectivity index (χ3v) is 2.06. The third-order valence-electron chi connectivity index (χ3n) is 2.06. The second kappa shape index (κ2) is 4.08. The predicted molar refractivity (Wildman–Crippen MR) is 52.0 cm³/mol. The zero-order valence-corrected chi connectivity index (χ0v) is 8.00. The Kier molecular flexibility index (Phi) is 3.07. The van der Waals surface area contributed by atoms with Crippen LogP contribution in [0.15, 0.2) is 12.1 Å². The average Bonchev–Trinajstić information content (AvgIpc) is 2.09. The number of phenols is 1. The standard InChI is InChI=1S/C11H14O2/c1-8-6-9(2)11(13)10(7-8)4-3-5-12/h5-7,13H,3-4H2,1-2H3. The zero-order valence-electron chi connectivity index (χ0n) is 8.00. The van der Waals surface area contributed by atoms with E-state index in [1.807, 2.05) is 26.0 Å². The number of carbonyl (C=O) groups excluding carboxylic acids is 1. The summed E-state index contributed by atoms with van der Waals surface area (Å²) in [6.07, 6.45) is 1.96. The maximum absolute atomic E-state index is 10.2. The molecule has 0 radical (unpaired) electrons. The summed E-state index contributed by atoms with van der Waals surface area (Å²) in [6.45, 7) is 3.85. The van der Waals surface area contributed by atoms with Gasteiger partial charge in [0, 0.05) is 6.42 Å². The number of rotatable bonds is 3. The molecule has 0 saturated carbocycles. The molecule has 1 aromatic rings. The number of aldehydes is 1. The Balaban J connectivity index is 2.98. The van der Waals surface area contributed by atoms with Crippen LogP contribution in [0, 0.1) is 13.8 Å². The molecule has 0 bridgehead atoms. The first-order valence-corrected chi connectivity index (χ1v) is 4.38. The van der Waals surface area contributed by atoms with Crippen molar-refractivity contribution < 1.29 is 9.90 Å². The van der Waals surface area contributed by atoms with Gasteiger partial charge in [0.1, 0.15) is 12.0 Å². The third kappa shape index (κ3) is 2.31. The monoisotopic (exact) mass is 178 g/mol. The average molecular weight is 178 g/mol. The summed E-state index contributed by atoms with van der Waals surface area (Å²) in [5.41, 5.74) is 2.86. The second-order valence-electron chi connectivity index (χ2n) is 3.29. The molecule has 0 amide bonds. The minimum atomic E-state index is 0.326. The largest absolute Gasteiger partial charge is 0.507 e. The van der Waals surface area contributed by atoms with Crippen molar-refractivity contribution in [2.75, 3.05) is 0 Å². The number of hydrogen-bond donors (Lipinski definition) is 1. The molecule has 2 nitrogen and oxygen atoms in total. The number of benzene rings is 1. The molecule has 0 fully saturated rings. The second-order valence-corrected chi connectivity index (χ2v) is 3.29. The minimum absolute atomic E-state index is 0.326. The normalized spacial score (nSPS) is 10.0. The SMILES string of the molecule is Cc1cc(C)c(O)c(CCC=O)c1. The van der Waals surface area contributed by atoms with E-state index in [1.54, 1.807) is 0 Å². The highest BCUT2D eigenvalue weighted by molar-refractivity contribution is 5.51. The van der Waals surface area contributed by atoms with E-state index in [0.717, 1.165) is 23.0 Å². The van der Waals surface area contributed by atoms with Crippen molar-refractivity contribution in [1.82, 2.24) is 0 Å². The molecular weight excluding hydrogens is 164 g/mol. The zero-order chi connectivity index (χ0) is 9.84. The Morgan fingerprint density at radius 2 is 2.08 bits per heavy atom. The fourth-order valence-corrected chi connectivity index (χ4v) is 1.45. The van der Waals surface area contributed by atoms with Crippen LogP contribution in [0.5, 0.6) is 5.75 Å². The van der Waals surface area contributed by atoms with Gasteiger partial charge in [-0.25, -0.2) is 0 Å². The van der Waals surface area contributed by atoms with Gasteiger partial charge < -0.3 is 9.90 Å². The molecule has 1 N–H and O–H groups in total. The van der Waals surface area contributed by atoms with Crippen molar-refractivity contribution in [2.24, 2.45) is 0 Å². The van der Waals surface area contributed by atoms with Crippen LogP contribution in [-0.4, -0.2) is 11.4 Å². The molecule has 0 aliphatic carbocycles. The summed E-state index contributed by atoms with van der Waals surface area (Å²) in [4.78, 5) is 10.2. The van der Waals surface area contributed by atoms with Crippen LogP contribution in [0.1, 0.15) is 23.1 Å². The fourth-order valence-electron chi connectivity index (χ4n) is 1.45. The van der Waals surface area contributed by atoms with Crippen LogP contribution in [-0.2, 0) is 11.2 Å². The number of aryl methyl sites for hydroxylation is 3. The molecule has 70 valence electrons. The van der Waals surface area contributed by atoms with Crippen molar-refractivity contribution in [3.05, 3.63) is 28.8 Å². The predicted octanol–water partition coefficient (Wildman–Crippen LogP) is 2.14. The molecule has 0 heterocycles. The van der Waals surface area contributed by atoms with Crippen LogP contribution in [0.2, 0.25) is 0 Å². The summed E-state index contributed by atoms with van der Waals surface area (Å²) < 4.78 is 0. The van der Waals surface area contributed by atoms with Crippen LogP contribution in [0.25, 0.3) is 0 Å². The maximum atomic E-state index is 10.2. The van der Waals surface area contributed by atoms with Crippen LogP contribution >= 0.6 is 0 Å². The van der Waals surface area contributed by atoms with Crippen molar-refractivity contribution in [3.8, 4) is 5.75 Å². The minimum Gasteiger partial charge on any atom is -0.507 e. The smallest absolute Gasteiger partial charge is 0.121 e. The van der Waals surface area contributed by atoms with E-state index < -0.39 is 0 Å². The van der Waals surface area contributed by atoms with E-state index >= 15 is 0 Å². The van der Waals surface area contributed by atoms with Crippen molar-refractivity contribution >= 4 is 6.29 Å². The Hall–Kier alpha value is -1.31. The van der Waals surface area contributed by atoms with Gasteiger partial charge in [0.05, 0.1) is 0 Å². The molecule has 13 heavy (non-hydrogen) atoms. The Bertz CT molecular complexity index is 316. The van der Waals surface area contributed by atoms with Gasteiger partial charge in [-0.1, -0.05) is 17.7 Å². The van der Waals surface area contributed by atoms with Gasteiger partial charge in [0.2, 0.25) is 0 Å². The summed E-state index contributed by atoms with van der Waals surface area (Å²) >= 11 is 0. The lowest BCUT2D eigenvalue weighted by Crippen LogP contribution is -1.90. The highest BCUT2D eigenvalue weighted by Gasteiger charge is 2.04. The molecular formula is C11H14O2. The Morgan fingerprint density at radius 1 is 1.38 bits per heavy atom. The van der Waals surface area contributed by atoms with Gasteiger partial charge in [-0.2, -0.15) is 0 Å². The van der Waals surface area contributed by atoms with Gasteiger partial charge in [-0.3, -0.25) is 0 Å². The molecule has 0 aliphatic heterocycles. The van der Waals surface area contributed by atoms with E-state index in [9.17, 15) is 9.90 Å². The summed E-state index contributed by atoms with van der Waals surface area (Å²) in [6, 6.07) is 3.85. The molecule has 0 aromatic heterocycles.